The van der Waals surface area contributed by atoms with Gasteiger partial charge in [-0.1, -0.05) is 54.1 Å². The molecule has 128 valence electrons. The van der Waals surface area contributed by atoms with Crippen LogP contribution in [0.1, 0.15) is 47.0 Å². The van der Waals surface area contributed by atoms with Crippen molar-refractivity contribution in [3.63, 3.8) is 0 Å². The molecule has 1 aliphatic rings. The van der Waals surface area contributed by atoms with Gasteiger partial charge in [-0.25, -0.2) is 9.97 Å². The molecule has 2 aromatic carbocycles. The number of hydrogen-bond acceptors (Lipinski definition) is 3. The van der Waals surface area contributed by atoms with Gasteiger partial charge in [0.2, 0.25) is 0 Å². The molecule has 0 spiro atoms. The first kappa shape index (κ1) is 16.8. The summed E-state index contributed by atoms with van der Waals surface area (Å²) in [6, 6.07) is 18.2. The minimum atomic E-state index is 0.533. The summed E-state index contributed by atoms with van der Waals surface area (Å²) in [5.74, 6) is 1.27. The molecule has 0 N–H and O–H groups in total. The number of aryl methyl sites for hydroxylation is 1. The number of nitrogens with zero attached hydrogens (tertiary/aromatic N) is 3. The summed E-state index contributed by atoms with van der Waals surface area (Å²) >= 11 is 6.44. The number of nitriles is 1. The average Bonchev–Trinajstić information content (AvgIpc) is 3.49. The van der Waals surface area contributed by atoms with Crippen LogP contribution in [-0.4, -0.2) is 9.97 Å². The quantitative estimate of drug-likeness (QED) is 0.582. The third kappa shape index (κ3) is 3.34. The highest BCUT2D eigenvalue weighted by atomic mass is 35.5. The van der Waals surface area contributed by atoms with Gasteiger partial charge < -0.3 is 0 Å². The van der Waals surface area contributed by atoms with Gasteiger partial charge in [0.15, 0.2) is 0 Å². The van der Waals surface area contributed by atoms with Gasteiger partial charge in [0.05, 0.1) is 17.3 Å². The van der Waals surface area contributed by atoms with Crippen molar-refractivity contribution in [3.05, 3.63) is 81.9 Å². The fraction of sp³-hybridized carbons (Fsp3) is 0.227. The minimum Gasteiger partial charge on any atom is -0.238 e. The number of aromatic nitrogens is 2. The van der Waals surface area contributed by atoms with E-state index in [0.29, 0.717) is 16.6 Å². The molecule has 3 nitrogen and oxygen atoms in total. The summed E-state index contributed by atoms with van der Waals surface area (Å²) in [7, 11) is 0. The molecular weight excluding hydrogens is 342 g/mol. The summed E-state index contributed by atoms with van der Waals surface area (Å²) in [6.07, 6.45) is 3.10. The molecule has 1 aliphatic carbocycles. The highest BCUT2D eigenvalue weighted by Crippen LogP contribution is 2.42. The van der Waals surface area contributed by atoms with Gasteiger partial charge in [-0.15, -0.1) is 0 Å². The first-order valence-electron chi connectivity index (χ1n) is 8.77. The zero-order valence-electron chi connectivity index (χ0n) is 14.5. The van der Waals surface area contributed by atoms with Crippen molar-refractivity contribution >= 4 is 11.6 Å². The van der Waals surface area contributed by atoms with Crippen LogP contribution in [0.5, 0.6) is 0 Å². The summed E-state index contributed by atoms with van der Waals surface area (Å²) < 4.78 is 0. The van der Waals surface area contributed by atoms with Crippen molar-refractivity contribution in [2.24, 2.45) is 0 Å². The predicted octanol–water partition coefficient (Wildman–Crippen LogP) is 5.45. The molecule has 0 radical (unpaired) electrons. The standard InChI is InChI=1S/C22H18ClN3/c1-14-25-21(17-10-11-17)20(22(23)26-14)12-15-6-8-16(9-7-15)19-5-3-2-4-18(19)13-24/h2-9,17H,10-12H2,1H3. The minimum absolute atomic E-state index is 0.533. The molecule has 1 saturated carbocycles. The molecule has 26 heavy (non-hydrogen) atoms. The van der Waals surface area contributed by atoms with Crippen molar-refractivity contribution in [1.82, 2.24) is 9.97 Å². The van der Waals surface area contributed by atoms with Gasteiger partial charge in [0, 0.05) is 17.9 Å². The Bertz CT molecular complexity index is 999. The monoisotopic (exact) mass is 359 g/mol. The van der Waals surface area contributed by atoms with Gasteiger partial charge in [0.25, 0.3) is 0 Å². The number of hydrogen-bond donors (Lipinski definition) is 0. The van der Waals surface area contributed by atoms with E-state index in [1.165, 1.54) is 18.4 Å². The van der Waals surface area contributed by atoms with E-state index in [2.05, 4.69) is 40.3 Å². The molecular formula is C22H18ClN3. The molecule has 3 aromatic rings. The lowest BCUT2D eigenvalue weighted by Crippen LogP contribution is -2.03. The Hall–Kier alpha value is -2.70. The molecule has 4 heteroatoms. The van der Waals surface area contributed by atoms with E-state index in [1.807, 2.05) is 31.2 Å². The Kier molecular flexibility index (Phi) is 4.44. The van der Waals surface area contributed by atoms with E-state index in [9.17, 15) is 5.26 Å². The van der Waals surface area contributed by atoms with Gasteiger partial charge >= 0.3 is 0 Å². The average molecular weight is 360 g/mol. The second-order valence-corrected chi connectivity index (χ2v) is 7.09. The molecule has 1 aromatic heterocycles. The molecule has 1 fully saturated rings. The van der Waals surface area contributed by atoms with Gasteiger partial charge in [0.1, 0.15) is 11.0 Å². The van der Waals surface area contributed by atoms with E-state index in [1.54, 1.807) is 0 Å². The van der Waals surface area contributed by atoms with Crippen molar-refractivity contribution in [1.29, 1.82) is 5.26 Å². The Morgan fingerprint density at radius 1 is 1.08 bits per heavy atom. The highest BCUT2D eigenvalue weighted by molar-refractivity contribution is 6.30. The van der Waals surface area contributed by atoms with E-state index in [-0.39, 0.29) is 0 Å². The van der Waals surface area contributed by atoms with Gasteiger partial charge in [-0.05, 0) is 42.5 Å². The lowest BCUT2D eigenvalue weighted by atomic mass is 9.97. The SMILES string of the molecule is Cc1nc(Cl)c(Cc2ccc(-c3ccccc3C#N)cc2)c(C2CC2)n1. The molecule has 0 unspecified atom stereocenters. The lowest BCUT2D eigenvalue weighted by molar-refractivity contribution is 0.898. The van der Waals surface area contributed by atoms with Crippen LogP contribution >= 0.6 is 11.6 Å². The first-order valence-corrected chi connectivity index (χ1v) is 9.15. The highest BCUT2D eigenvalue weighted by Gasteiger charge is 2.29. The summed E-state index contributed by atoms with van der Waals surface area (Å²) in [5, 5.41) is 9.86. The van der Waals surface area contributed by atoms with Crippen LogP contribution in [0.2, 0.25) is 5.15 Å². The van der Waals surface area contributed by atoms with Crippen LogP contribution in [0.25, 0.3) is 11.1 Å². The maximum absolute atomic E-state index is 9.29. The second-order valence-electron chi connectivity index (χ2n) is 6.73. The van der Waals surface area contributed by atoms with Crippen LogP contribution in [-0.2, 0) is 6.42 Å². The zero-order chi connectivity index (χ0) is 18.1. The molecule has 0 atom stereocenters. The third-order valence-electron chi connectivity index (χ3n) is 4.76. The number of rotatable bonds is 4. The topological polar surface area (TPSA) is 49.6 Å². The molecule has 0 amide bonds. The predicted molar refractivity (Wildman–Crippen MR) is 103 cm³/mol. The van der Waals surface area contributed by atoms with Crippen LogP contribution in [0.15, 0.2) is 48.5 Å². The Morgan fingerprint density at radius 3 is 2.50 bits per heavy atom. The van der Waals surface area contributed by atoms with Crippen molar-refractivity contribution in [2.75, 3.05) is 0 Å². The van der Waals surface area contributed by atoms with Gasteiger partial charge in [-0.2, -0.15) is 5.26 Å². The van der Waals surface area contributed by atoms with Crippen LogP contribution in [0.3, 0.4) is 0 Å². The Labute approximate surface area is 158 Å². The molecule has 0 aliphatic heterocycles. The first-order chi connectivity index (χ1) is 12.7. The Balaban J connectivity index is 1.64. The fourth-order valence-corrected chi connectivity index (χ4v) is 3.56. The third-order valence-corrected chi connectivity index (χ3v) is 5.07. The number of halogens is 1. The van der Waals surface area contributed by atoms with Crippen molar-refractivity contribution in [2.45, 2.75) is 32.1 Å². The maximum atomic E-state index is 9.29. The van der Waals surface area contributed by atoms with E-state index in [4.69, 9.17) is 11.6 Å². The number of benzene rings is 2. The van der Waals surface area contributed by atoms with Crippen LogP contribution < -0.4 is 0 Å². The molecule has 0 saturated heterocycles. The molecule has 4 rings (SSSR count). The summed E-state index contributed by atoms with van der Waals surface area (Å²) in [6.45, 7) is 1.89. The van der Waals surface area contributed by atoms with Crippen LogP contribution in [0, 0.1) is 18.3 Å². The summed E-state index contributed by atoms with van der Waals surface area (Å²) in [4.78, 5) is 9.00. The van der Waals surface area contributed by atoms with Gasteiger partial charge in [-0.3, -0.25) is 0 Å². The van der Waals surface area contributed by atoms with E-state index < -0.39 is 0 Å². The zero-order valence-corrected chi connectivity index (χ0v) is 15.3. The fourth-order valence-electron chi connectivity index (χ4n) is 3.28. The Morgan fingerprint density at radius 2 is 1.81 bits per heavy atom. The normalized spacial score (nSPS) is 13.4. The summed E-state index contributed by atoms with van der Waals surface area (Å²) in [5.41, 5.74) is 6.01. The van der Waals surface area contributed by atoms with E-state index in [0.717, 1.165) is 34.6 Å². The molecule has 1 heterocycles. The maximum Gasteiger partial charge on any atom is 0.136 e. The largest absolute Gasteiger partial charge is 0.238 e. The van der Waals surface area contributed by atoms with Crippen molar-refractivity contribution < 1.29 is 0 Å². The van der Waals surface area contributed by atoms with Crippen LogP contribution in [0.4, 0.5) is 0 Å². The van der Waals surface area contributed by atoms with E-state index >= 15 is 0 Å². The molecule has 0 bridgehead atoms. The second kappa shape index (κ2) is 6.90. The lowest BCUT2D eigenvalue weighted by Gasteiger charge is -2.11. The van der Waals surface area contributed by atoms with Crippen molar-refractivity contribution in [3.8, 4) is 17.2 Å². The smallest absolute Gasteiger partial charge is 0.136 e.